The predicted molar refractivity (Wildman–Crippen MR) is 76.2 cm³/mol. The monoisotopic (exact) mass is 282 g/mol. The van der Waals surface area contributed by atoms with Gasteiger partial charge in [0, 0.05) is 19.8 Å². The lowest BCUT2D eigenvalue weighted by molar-refractivity contribution is -0.164. The third kappa shape index (κ3) is 2.32. The quantitative estimate of drug-likeness (QED) is 0.849. The highest BCUT2D eigenvalue weighted by atomic mass is 16.5. The first-order valence-electron chi connectivity index (χ1n) is 7.50. The lowest BCUT2D eigenvalue weighted by Crippen LogP contribution is -2.74. The first-order chi connectivity index (χ1) is 9.35. The molecular formula is C15H26N2O3. The third-order valence-corrected chi connectivity index (χ3v) is 4.78. The zero-order chi connectivity index (χ0) is 15.0. The molecule has 5 nitrogen and oxygen atoms in total. The molecule has 0 bridgehead atoms. The molecule has 1 heterocycles. The van der Waals surface area contributed by atoms with E-state index < -0.39 is 11.1 Å². The van der Waals surface area contributed by atoms with Gasteiger partial charge in [0.2, 0.25) is 11.8 Å². The molecule has 114 valence electrons. The van der Waals surface area contributed by atoms with Gasteiger partial charge in [-0.15, -0.1) is 0 Å². The van der Waals surface area contributed by atoms with Crippen LogP contribution in [-0.4, -0.2) is 47.6 Å². The van der Waals surface area contributed by atoms with Crippen LogP contribution in [-0.2, 0) is 14.3 Å². The molecule has 2 amide bonds. The van der Waals surface area contributed by atoms with Crippen molar-refractivity contribution < 1.29 is 14.3 Å². The Morgan fingerprint density at radius 3 is 2.45 bits per heavy atom. The van der Waals surface area contributed by atoms with E-state index in [4.69, 9.17) is 4.74 Å². The van der Waals surface area contributed by atoms with Crippen LogP contribution in [0.25, 0.3) is 0 Å². The van der Waals surface area contributed by atoms with Crippen molar-refractivity contribution in [2.24, 2.45) is 0 Å². The fourth-order valence-corrected chi connectivity index (χ4v) is 3.50. The van der Waals surface area contributed by atoms with Gasteiger partial charge in [-0.2, -0.15) is 0 Å². The van der Waals surface area contributed by atoms with E-state index in [-0.39, 0.29) is 17.9 Å². The second kappa shape index (κ2) is 5.35. The summed E-state index contributed by atoms with van der Waals surface area (Å²) in [7, 11) is 1.65. The highest BCUT2D eigenvalue weighted by Gasteiger charge is 2.56. The van der Waals surface area contributed by atoms with Crippen LogP contribution in [0.2, 0.25) is 0 Å². The Bertz CT molecular complexity index is 400. The molecule has 1 saturated heterocycles. The lowest BCUT2D eigenvalue weighted by atomic mass is 9.84. The van der Waals surface area contributed by atoms with Crippen molar-refractivity contribution in [3.05, 3.63) is 0 Å². The van der Waals surface area contributed by atoms with Gasteiger partial charge in [0.05, 0.1) is 0 Å². The van der Waals surface area contributed by atoms with E-state index in [1.807, 2.05) is 20.8 Å². The van der Waals surface area contributed by atoms with Gasteiger partial charge in [0.15, 0.2) is 0 Å². The normalized spacial score (nSPS) is 25.9. The Balaban J connectivity index is 2.28. The maximum absolute atomic E-state index is 13.0. The highest BCUT2D eigenvalue weighted by molar-refractivity contribution is 6.02. The summed E-state index contributed by atoms with van der Waals surface area (Å²) >= 11 is 0. The van der Waals surface area contributed by atoms with Crippen LogP contribution in [0, 0.1) is 0 Å². The van der Waals surface area contributed by atoms with E-state index >= 15 is 0 Å². The molecule has 1 unspecified atom stereocenters. The number of amides is 2. The number of rotatable bonds is 4. The Morgan fingerprint density at radius 1 is 1.30 bits per heavy atom. The molecule has 0 radical (unpaired) electrons. The molecule has 20 heavy (non-hydrogen) atoms. The summed E-state index contributed by atoms with van der Waals surface area (Å²) in [6.07, 6.45) is 4.29. The minimum atomic E-state index is -0.794. The van der Waals surface area contributed by atoms with Crippen LogP contribution in [0.4, 0.5) is 0 Å². The number of ether oxygens (including phenoxy) is 1. The summed E-state index contributed by atoms with van der Waals surface area (Å²) in [4.78, 5) is 27.2. The molecule has 0 aromatic heterocycles. The average molecular weight is 282 g/mol. The maximum atomic E-state index is 13.0. The zero-order valence-electron chi connectivity index (χ0n) is 13.0. The van der Waals surface area contributed by atoms with Crippen LogP contribution in [0.1, 0.15) is 52.9 Å². The van der Waals surface area contributed by atoms with Crippen LogP contribution in [0.15, 0.2) is 0 Å². The number of carbonyl (C=O) groups excluding carboxylic acids is 2. The molecule has 1 N–H and O–H groups in total. The summed E-state index contributed by atoms with van der Waals surface area (Å²) in [6.45, 7) is 6.24. The summed E-state index contributed by atoms with van der Waals surface area (Å²) in [5, 5.41) is 3.01. The van der Waals surface area contributed by atoms with Crippen LogP contribution in [0.5, 0.6) is 0 Å². The topological polar surface area (TPSA) is 58.6 Å². The van der Waals surface area contributed by atoms with Gasteiger partial charge in [-0.05, 0) is 40.0 Å². The summed E-state index contributed by atoms with van der Waals surface area (Å²) < 4.78 is 5.11. The van der Waals surface area contributed by atoms with Crippen molar-refractivity contribution in [3.63, 3.8) is 0 Å². The first kappa shape index (κ1) is 15.3. The molecule has 5 heteroatoms. The fourth-order valence-electron chi connectivity index (χ4n) is 3.50. The van der Waals surface area contributed by atoms with Gasteiger partial charge in [-0.3, -0.25) is 9.59 Å². The smallest absolute Gasteiger partial charge is 0.249 e. The van der Waals surface area contributed by atoms with Gasteiger partial charge in [-0.1, -0.05) is 12.8 Å². The third-order valence-electron chi connectivity index (χ3n) is 4.78. The Kier molecular flexibility index (Phi) is 4.09. The minimum Gasteiger partial charge on any atom is -0.385 e. The highest BCUT2D eigenvalue weighted by Crippen LogP contribution is 2.38. The molecule has 0 aromatic carbocycles. The SMILES string of the molecule is COCCC(C)N1C(=O)C2(CCCC2)NC(=O)C1(C)C. The van der Waals surface area contributed by atoms with Gasteiger partial charge in [0.1, 0.15) is 11.1 Å². The molecule has 2 fully saturated rings. The number of piperazine rings is 1. The second-order valence-electron chi connectivity index (χ2n) is 6.61. The second-order valence-corrected chi connectivity index (χ2v) is 6.61. The van der Waals surface area contributed by atoms with E-state index in [2.05, 4.69) is 5.32 Å². The molecule has 1 aliphatic carbocycles. The number of nitrogens with one attached hydrogen (secondary N) is 1. The molecule has 1 atom stereocenters. The van der Waals surface area contributed by atoms with Gasteiger partial charge in [-0.25, -0.2) is 0 Å². The number of nitrogens with zero attached hydrogens (tertiary/aromatic N) is 1. The summed E-state index contributed by atoms with van der Waals surface area (Å²) in [6, 6.07) is 0.000903. The maximum Gasteiger partial charge on any atom is 0.249 e. The Morgan fingerprint density at radius 2 is 1.90 bits per heavy atom. The van der Waals surface area contributed by atoms with E-state index in [9.17, 15) is 9.59 Å². The van der Waals surface area contributed by atoms with Crippen molar-refractivity contribution in [3.8, 4) is 0 Å². The average Bonchev–Trinajstić information content (AvgIpc) is 2.84. The number of hydrogen-bond acceptors (Lipinski definition) is 3. The molecule has 2 rings (SSSR count). The largest absolute Gasteiger partial charge is 0.385 e. The predicted octanol–water partition coefficient (Wildman–Crippen LogP) is 1.46. The molecule has 1 saturated carbocycles. The van der Waals surface area contributed by atoms with Crippen LogP contribution >= 0.6 is 0 Å². The van der Waals surface area contributed by atoms with Crippen molar-refractivity contribution in [1.82, 2.24) is 10.2 Å². The van der Waals surface area contributed by atoms with E-state index in [0.29, 0.717) is 6.61 Å². The van der Waals surface area contributed by atoms with Crippen molar-refractivity contribution in [1.29, 1.82) is 0 Å². The van der Waals surface area contributed by atoms with E-state index in [1.165, 1.54) is 0 Å². The Hall–Kier alpha value is -1.10. The number of hydrogen-bond donors (Lipinski definition) is 1. The van der Waals surface area contributed by atoms with E-state index in [1.54, 1.807) is 12.0 Å². The van der Waals surface area contributed by atoms with Gasteiger partial charge >= 0.3 is 0 Å². The lowest BCUT2D eigenvalue weighted by Gasteiger charge is -2.51. The minimum absolute atomic E-state index is 0.000903. The van der Waals surface area contributed by atoms with Crippen molar-refractivity contribution in [2.75, 3.05) is 13.7 Å². The molecular weight excluding hydrogens is 256 g/mol. The summed E-state index contributed by atoms with van der Waals surface area (Å²) in [5.74, 6) is 0.0477. The number of methoxy groups -OCH3 is 1. The standard InChI is InChI=1S/C15H26N2O3/c1-11(7-10-20-4)17-13(19)15(8-5-6-9-15)16-12(18)14(17,2)3/h11H,5-10H2,1-4H3,(H,16,18). The van der Waals surface area contributed by atoms with E-state index in [0.717, 1.165) is 32.1 Å². The van der Waals surface area contributed by atoms with Gasteiger partial charge in [0.25, 0.3) is 0 Å². The fraction of sp³-hybridized carbons (Fsp3) is 0.867. The first-order valence-corrected chi connectivity index (χ1v) is 7.50. The molecule has 2 aliphatic rings. The molecule has 1 aliphatic heterocycles. The van der Waals surface area contributed by atoms with Crippen LogP contribution in [0.3, 0.4) is 0 Å². The van der Waals surface area contributed by atoms with Crippen LogP contribution < -0.4 is 5.32 Å². The summed E-state index contributed by atoms with van der Waals surface area (Å²) in [5.41, 5.74) is -1.44. The van der Waals surface area contributed by atoms with Crippen molar-refractivity contribution >= 4 is 11.8 Å². The van der Waals surface area contributed by atoms with Crippen molar-refractivity contribution in [2.45, 2.75) is 70.0 Å². The Labute approximate surface area is 121 Å². The zero-order valence-corrected chi connectivity index (χ0v) is 13.0. The number of carbonyl (C=O) groups is 2. The van der Waals surface area contributed by atoms with Gasteiger partial charge < -0.3 is 15.0 Å². The molecule has 0 aromatic rings. The molecule has 1 spiro atoms.